The Kier molecular flexibility index (Phi) is 5.50. The van der Waals surface area contributed by atoms with Crippen LogP contribution in [0.1, 0.15) is 37.2 Å². The van der Waals surface area contributed by atoms with Gasteiger partial charge < -0.3 is 18.6 Å². The smallest absolute Gasteiger partial charge is 0.326 e. The Morgan fingerprint density at radius 2 is 1.61 bits per heavy atom. The second-order valence-corrected chi connectivity index (χ2v) is 7.82. The molecule has 7 heteroatoms. The van der Waals surface area contributed by atoms with E-state index in [9.17, 15) is 9.59 Å². The fraction of sp³-hybridized carbons (Fsp3) is 0.292. The van der Waals surface area contributed by atoms with Crippen molar-refractivity contribution in [2.24, 2.45) is 5.41 Å². The zero-order valence-electron chi connectivity index (χ0n) is 17.6. The average molecular weight is 421 g/mol. The van der Waals surface area contributed by atoms with Crippen LogP contribution >= 0.6 is 0 Å². The number of carbonyl (C=O) groups excluding carboxylic acids is 2. The number of aryl methyl sites for hydroxylation is 1. The predicted octanol–water partition coefficient (Wildman–Crippen LogP) is 4.40. The molecule has 4 rings (SSSR count). The molecule has 1 aliphatic heterocycles. The molecule has 3 aromatic rings. The Bertz CT molecular complexity index is 1070. The number of oxazole rings is 1. The van der Waals surface area contributed by atoms with Gasteiger partial charge in [0.15, 0.2) is 5.41 Å². The number of cyclic esters (lactones) is 2. The maximum atomic E-state index is 12.0. The van der Waals surface area contributed by atoms with E-state index in [0.29, 0.717) is 30.2 Å². The quantitative estimate of drug-likeness (QED) is 0.431. The molecule has 0 spiro atoms. The van der Waals surface area contributed by atoms with Gasteiger partial charge in [0.1, 0.15) is 11.5 Å². The lowest BCUT2D eigenvalue weighted by Crippen LogP contribution is -2.43. The van der Waals surface area contributed by atoms with Crippen LogP contribution < -0.4 is 4.74 Å². The van der Waals surface area contributed by atoms with Gasteiger partial charge in [0, 0.05) is 17.5 Å². The summed E-state index contributed by atoms with van der Waals surface area (Å²) in [6, 6.07) is 16.6. The van der Waals surface area contributed by atoms with Crippen molar-refractivity contribution < 1.29 is 28.2 Å². The number of benzene rings is 2. The highest BCUT2D eigenvalue weighted by Crippen LogP contribution is 2.34. The van der Waals surface area contributed by atoms with Gasteiger partial charge in [-0.2, -0.15) is 0 Å². The Hall–Kier alpha value is -3.61. The van der Waals surface area contributed by atoms with Gasteiger partial charge in [-0.25, -0.2) is 4.98 Å². The van der Waals surface area contributed by atoms with E-state index in [1.165, 1.54) is 13.8 Å². The number of carbonyl (C=O) groups is 2. The lowest BCUT2D eigenvalue weighted by Gasteiger charge is -2.31. The molecule has 7 nitrogen and oxygen atoms in total. The van der Waals surface area contributed by atoms with Gasteiger partial charge in [-0.1, -0.05) is 18.2 Å². The monoisotopic (exact) mass is 421 g/mol. The molecule has 1 aliphatic rings. The fourth-order valence-electron chi connectivity index (χ4n) is 3.08. The molecule has 1 fully saturated rings. The van der Waals surface area contributed by atoms with E-state index in [1.807, 2.05) is 37.3 Å². The molecule has 31 heavy (non-hydrogen) atoms. The molecule has 0 radical (unpaired) electrons. The van der Waals surface area contributed by atoms with Crippen LogP contribution in [0.15, 0.2) is 59.0 Å². The summed E-state index contributed by atoms with van der Waals surface area (Å²) >= 11 is 0. The number of ether oxygens (including phenoxy) is 3. The summed E-state index contributed by atoms with van der Waals surface area (Å²) in [5.41, 5.74) is 1.04. The van der Waals surface area contributed by atoms with Gasteiger partial charge >= 0.3 is 11.9 Å². The molecule has 2 aromatic carbocycles. The first kappa shape index (κ1) is 20.7. The summed E-state index contributed by atoms with van der Waals surface area (Å²) in [4.78, 5) is 28.6. The third-order valence-electron chi connectivity index (χ3n) is 5.12. The van der Waals surface area contributed by atoms with E-state index in [4.69, 9.17) is 18.6 Å². The van der Waals surface area contributed by atoms with E-state index in [0.717, 1.165) is 17.0 Å². The molecule has 0 saturated carbocycles. The number of hydrogen-bond acceptors (Lipinski definition) is 7. The normalized spacial score (nSPS) is 16.0. The van der Waals surface area contributed by atoms with Crippen molar-refractivity contribution in [3.05, 3.63) is 71.6 Å². The van der Waals surface area contributed by atoms with Crippen molar-refractivity contribution in [1.82, 2.24) is 4.98 Å². The van der Waals surface area contributed by atoms with Crippen molar-refractivity contribution in [2.45, 2.75) is 33.5 Å². The lowest BCUT2D eigenvalue weighted by molar-refractivity contribution is -0.222. The minimum Gasteiger partial charge on any atom is -0.493 e. The van der Waals surface area contributed by atoms with E-state index >= 15 is 0 Å². The molecule has 1 aromatic heterocycles. The summed E-state index contributed by atoms with van der Waals surface area (Å²) in [7, 11) is 0. The van der Waals surface area contributed by atoms with Crippen LogP contribution in [0.25, 0.3) is 11.5 Å². The summed E-state index contributed by atoms with van der Waals surface area (Å²) in [5, 5.41) is 0. The number of rotatable bonds is 6. The van der Waals surface area contributed by atoms with Crippen molar-refractivity contribution in [3.8, 4) is 17.2 Å². The average Bonchev–Trinajstić information content (AvgIpc) is 3.14. The minimum absolute atomic E-state index is 0.419. The minimum atomic E-state index is -1.29. The molecule has 0 aliphatic carbocycles. The molecule has 0 amide bonds. The summed E-state index contributed by atoms with van der Waals surface area (Å²) in [6.07, 6.45) is -0.451. The Morgan fingerprint density at radius 3 is 2.26 bits per heavy atom. The van der Waals surface area contributed by atoms with Crippen molar-refractivity contribution in [1.29, 1.82) is 0 Å². The largest absolute Gasteiger partial charge is 0.493 e. The van der Waals surface area contributed by atoms with Gasteiger partial charge in [0.25, 0.3) is 6.29 Å². The van der Waals surface area contributed by atoms with Crippen molar-refractivity contribution in [3.63, 3.8) is 0 Å². The third kappa shape index (κ3) is 4.30. The van der Waals surface area contributed by atoms with Gasteiger partial charge in [-0.05, 0) is 57.2 Å². The van der Waals surface area contributed by atoms with Crippen LogP contribution in [-0.4, -0.2) is 23.5 Å². The first-order valence-corrected chi connectivity index (χ1v) is 10.0. The molecular weight excluding hydrogens is 398 g/mol. The van der Waals surface area contributed by atoms with Crippen LogP contribution in [0.4, 0.5) is 0 Å². The second kappa shape index (κ2) is 8.26. The third-order valence-corrected chi connectivity index (χ3v) is 5.12. The molecule has 0 bridgehead atoms. The zero-order valence-corrected chi connectivity index (χ0v) is 17.6. The van der Waals surface area contributed by atoms with Crippen LogP contribution in [0.5, 0.6) is 5.75 Å². The van der Waals surface area contributed by atoms with Gasteiger partial charge in [0.05, 0.1) is 12.3 Å². The first-order chi connectivity index (χ1) is 14.8. The van der Waals surface area contributed by atoms with E-state index < -0.39 is 23.6 Å². The second-order valence-electron chi connectivity index (χ2n) is 7.82. The van der Waals surface area contributed by atoms with Crippen LogP contribution in [0, 0.1) is 12.3 Å². The summed E-state index contributed by atoms with van der Waals surface area (Å²) in [5.74, 6) is 0.791. The van der Waals surface area contributed by atoms with Crippen LogP contribution in [-0.2, 0) is 25.5 Å². The Balaban J connectivity index is 1.34. The topological polar surface area (TPSA) is 87.9 Å². The van der Waals surface area contributed by atoms with E-state index in [1.54, 1.807) is 24.3 Å². The maximum absolute atomic E-state index is 12.0. The van der Waals surface area contributed by atoms with E-state index in [-0.39, 0.29) is 0 Å². The number of hydrogen-bond donors (Lipinski definition) is 0. The number of esters is 2. The number of nitrogens with zero attached hydrogens (tertiary/aromatic N) is 1. The van der Waals surface area contributed by atoms with E-state index in [2.05, 4.69) is 4.98 Å². The lowest BCUT2D eigenvalue weighted by atomic mass is 9.93. The van der Waals surface area contributed by atoms with Crippen LogP contribution in [0.2, 0.25) is 0 Å². The van der Waals surface area contributed by atoms with Gasteiger partial charge in [0.2, 0.25) is 5.89 Å². The summed E-state index contributed by atoms with van der Waals surface area (Å²) in [6.45, 7) is 5.26. The molecule has 2 heterocycles. The standard InChI is InChI=1S/C24H23NO6/c1-15-19(25-20(29-15)16-7-5-4-6-8-16)13-14-28-18-11-9-17(10-12-18)21-30-22(26)24(2,3)23(27)31-21/h4-12,21H,13-14H2,1-3H3. The zero-order chi connectivity index (χ0) is 22.0. The highest BCUT2D eigenvalue weighted by Gasteiger charge is 2.46. The Labute approximate surface area is 180 Å². The van der Waals surface area contributed by atoms with Crippen molar-refractivity contribution >= 4 is 11.9 Å². The predicted molar refractivity (Wildman–Crippen MR) is 111 cm³/mol. The number of aromatic nitrogens is 1. The molecule has 1 saturated heterocycles. The Morgan fingerprint density at radius 1 is 0.968 bits per heavy atom. The molecule has 160 valence electrons. The summed E-state index contributed by atoms with van der Waals surface area (Å²) < 4.78 is 22.1. The van der Waals surface area contributed by atoms with Gasteiger partial charge in [-0.3, -0.25) is 9.59 Å². The van der Waals surface area contributed by atoms with Crippen LogP contribution in [0.3, 0.4) is 0 Å². The molecular formula is C24H23NO6. The van der Waals surface area contributed by atoms with Gasteiger partial charge in [-0.15, -0.1) is 0 Å². The molecule has 0 N–H and O–H groups in total. The fourth-order valence-corrected chi connectivity index (χ4v) is 3.08. The van der Waals surface area contributed by atoms with Crippen molar-refractivity contribution in [2.75, 3.05) is 6.61 Å². The first-order valence-electron chi connectivity index (χ1n) is 10.0. The maximum Gasteiger partial charge on any atom is 0.326 e. The molecule has 0 atom stereocenters. The molecule has 0 unspecified atom stereocenters. The highest BCUT2D eigenvalue weighted by atomic mass is 16.7. The highest BCUT2D eigenvalue weighted by molar-refractivity contribution is 6.00. The SMILES string of the molecule is Cc1oc(-c2ccccc2)nc1CCOc1ccc(C2OC(=O)C(C)(C)C(=O)O2)cc1.